The molecule has 2 amide bonds. The molecule has 0 aromatic heterocycles. The number of carbonyl (C=O) groups excluding carboxylic acids is 1. The highest BCUT2D eigenvalue weighted by molar-refractivity contribution is 7.99. The first kappa shape index (κ1) is 9.19. The predicted molar refractivity (Wildman–Crippen MR) is 55.1 cm³/mol. The maximum Gasteiger partial charge on any atom is 0.317 e. The number of hydrogen-bond donors (Lipinski definition) is 1. The van der Waals surface area contributed by atoms with Crippen LogP contribution in [0.25, 0.3) is 0 Å². The van der Waals surface area contributed by atoms with Crippen molar-refractivity contribution in [1.82, 2.24) is 10.2 Å². The fourth-order valence-corrected chi connectivity index (χ4v) is 2.33. The molecule has 1 N–H and O–H groups in total. The summed E-state index contributed by atoms with van der Waals surface area (Å²) in [4.78, 5) is 13.6. The second-order valence-electron chi connectivity index (χ2n) is 3.68. The lowest BCUT2D eigenvalue weighted by Crippen LogP contribution is -2.42. The van der Waals surface area contributed by atoms with Crippen LogP contribution in [-0.2, 0) is 0 Å². The van der Waals surface area contributed by atoms with Crippen molar-refractivity contribution in [3.8, 4) is 0 Å². The summed E-state index contributed by atoms with van der Waals surface area (Å²) >= 11 is 1.95. The molecular formula is C9H16N2OS. The van der Waals surface area contributed by atoms with Gasteiger partial charge >= 0.3 is 6.03 Å². The van der Waals surface area contributed by atoms with Crippen LogP contribution in [0.15, 0.2) is 0 Å². The van der Waals surface area contributed by atoms with E-state index in [1.807, 2.05) is 16.7 Å². The molecule has 2 rings (SSSR count). The van der Waals surface area contributed by atoms with Crippen molar-refractivity contribution in [3.63, 3.8) is 0 Å². The van der Waals surface area contributed by atoms with Crippen LogP contribution in [0.4, 0.5) is 4.79 Å². The molecule has 0 spiro atoms. The highest BCUT2D eigenvalue weighted by Gasteiger charge is 2.25. The number of nitrogens with one attached hydrogen (secondary N) is 1. The molecule has 0 aromatic rings. The number of carbonyl (C=O) groups is 1. The van der Waals surface area contributed by atoms with Crippen molar-refractivity contribution < 1.29 is 4.79 Å². The molecule has 74 valence electrons. The van der Waals surface area contributed by atoms with E-state index in [0.717, 1.165) is 25.3 Å². The molecule has 2 aliphatic rings. The Morgan fingerprint density at radius 3 is 2.92 bits per heavy atom. The molecule has 0 aromatic carbocycles. The maximum absolute atomic E-state index is 11.6. The standard InChI is InChI=1S/C9H16N2OS/c12-9(10-8-2-3-8)11-4-1-6-13-7-5-11/h8H,1-7H2,(H,10,12). The molecule has 0 radical (unpaired) electrons. The molecule has 4 heteroatoms. The van der Waals surface area contributed by atoms with Gasteiger partial charge in [0.05, 0.1) is 0 Å². The van der Waals surface area contributed by atoms with Crippen LogP contribution in [0, 0.1) is 0 Å². The fraction of sp³-hybridized carbons (Fsp3) is 0.889. The number of amides is 2. The van der Waals surface area contributed by atoms with Gasteiger partial charge in [0.15, 0.2) is 0 Å². The Kier molecular flexibility index (Phi) is 2.98. The quantitative estimate of drug-likeness (QED) is 0.692. The molecule has 3 nitrogen and oxygen atoms in total. The number of urea groups is 1. The molecule has 0 bridgehead atoms. The third kappa shape index (κ3) is 2.79. The first-order valence-electron chi connectivity index (χ1n) is 4.99. The Balaban J connectivity index is 1.78. The smallest absolute Gasteiger partial charge is 0.317 e. The highest BCUT2D eigenvalue weighted by Crippen LogP contribution is 2.19. The molecule has 1 aliphatic heterocycles. The zero-order valence-corrected chi connectivity index (χ0v) is 8.61. The van der Waals surface area contributed by atoms with Crippen LogP contribution in [0.3, 0.4) is 0 Å². The largest absolute Gasteiger partial charge is 0.335 e. The fourth-order valence-electron chi connectivity index (χ4n) is 1.44. The van der Waals surface area contributed by atoms with Crippen molar-refractivity contribution in [3.05, 3.63) is 0 Å². The third-order valence-electron chi connectivity index (χ3n) is 2.41. The highest BCUT2D eigenvalue weighted by atomic mass is 32.2. The maximum atomic E-state index is 11.6. The van der Waals surface area contributed by atoms with E-state index in [1.165, 1.54) is 18.6 Å². The van der Waals surface area contributed by atoms with Crippen molar-refractivity contribution in [2.24, 2.45) is 0 Å². The molecule has 1 aliphatic carbocycles. The topological polar surface area (TPSA) is 32.3 Å². The van der Waals surface area contributed by atoms with Crippen molar-refractivity contribution in [1.29, 1.82) is 0 Å². The SMILES string of the molecule is O=C(NC1CC1)N1CCCSCC1. The number of hydrogen-bond acceptors (Lipinski definition) is 2. The van der Waals surface area contributed by atoms with Gasteiger partial charge < -0.3 is 10.2 Å². The summed E-state index contributed by atoms with van der Waals surface area (Å²) in [6.45, 7) is 1.86. The Morgan fingerprint density at radius 2 is 2.15 bits per heavy atom. The molecular weight excluding hydrogens is 184 g/mol. The number of nitrogens with zero attached hydrogens (tertiary/aromatic N) is 1. The summed E-state index contributed by atoms with van der Waals surface area (Å²) in [7, 11) is 0. The molecule has 0 unspecified atom stereocenters. The summed E-state index contributed by atoms with van der Waals surface area (Å²) < 4.78 is 0. The molecule has 1 saturated heterocycles. The van der Waals surface area contributed by atoms with Crippen LogP contribution in [0.1, 0.15) is 19.3 Å². The summed E-state index contributed by atoms with van der Waals surface area (Å²) in [6.07, 6.45) is 3.49. The van der Waals surface area contributed by atoms with Gasteiger partial charge in [0.2, 0.25) is 0 Å². The van der Waals surface area contributed by atoms with Gasteiger partial charge in [0.25, 0.3) is 0 Å². The number of thioether (sulfide) groups is 1. The molecule has 13 heavy (non-hydrogen) atoms. The van der Waals surface area contributed by atoms with Crippen LogP contribution in [0.5, 0.6) is 0 Å². The molecule has 0 atom stereocenters. The van der Waals surface area contributed by atoms with Gasteiger partial charge in [-0.05, 0) is 25.0 Å². The Morgan fingerprint density at radius 1 is 1.31 bits per heavy atom. The third-order valence-corrected chi connectivity index (χ3v) is 3.46. The summed E-state index contributed by atoms with van der Waals surface area (Å²) in [6, 6.07) is 0.647. The van der Waals surface area contributed by atoms with E-state index in [2.05, 4.69) is 5.32 Å². The van der Waals surface area contributed by atoms with Gasteiger partial charge in [-0.3, -0.25) is 0 Å². The van der Waals surface area contributed by atoms with E-state index in [9.17, 15) is 4.79 Å². The minimum absolute atomic E-state index is 0.157. The lowest BCUT2D eigenvalue weighted by Gasteiger charge is -2.20. The minimum atomic E-state index is 0.157. The van der Waals surface area contributed by atoms with E-state index >= 15 is 0 Å². The van der Waals surface area contributed by atoms with Crippen LogP contribution in [0.2, 0.25) is 0 Å². The van der Waals surface area contributed by atoms with Gasteiger partial charge in [-0.1, -0.05) is 0 Å². The molecule has 1 heterocycles. The van der Waals surface area contributed by atoms with Gasteiger partial charge in [-0.25, -0.2) is 4.79 Å². The van der Waals surface area contributed by atoms with Crippen LogP contribution in [-0.4, -0.2) is 41.6 Å². The average Bonchev–Trinajstić information content (AvgIpc) is 2.87. The first-order valence-corrected chi connectivity index (χ1v) is 6.15. The minimum Gasteiger partial charge on any atom is -0.335 e. The normalized spacial score (nSPS) is 23.8. The number of rotatable bonds is 1. The van der Waals surface area contributed by atoms with Crippen molar-refractivity contribution in [2.75, 3.05) is 24.6 Å². The summed E-state index contributed by atoms with van der Waals surface area (Å²) in [5.74, 6) is 2.30. The van der Waals surface area contributed by atoms with Crippen molar-refractivity contribution >= 4 is 17.8 Å². The average molecular weight is 200 g/mol. The lowest BCUT2D eigenvalue weighted by molar-refractivity contribution is 0.201. The zero-order valence-electron chi connectivity index (χ0n) is 7.79. The Hall–Kier alpha value is -0.380. The predicted octanol–water partition coefficient (Wildman–Crippen LogP) is 1.30. The van der Waals surface area contributed by atoms with E-state index < -0.39 is 0 Å². The lowest BCUT2D eigenvalue weighted by atomic mass is 10.4. The van der Waals surface area contributed by atoms with Gasteiger partial charge in [0, 0.05) is 24.9 Å². The van der Waals surface area contributed by atoms with Gasteiger partial charge in [-0.15, -0.1) is 0 Å². The monoisotopic (exact) mass is 200 g/mol. The zero-order chi connectivity index (χ0) is 9.10. The van der Waals surface area contributed by atoms with Gasteiger partial charge in [-0.2, -0.15) is 11.8 Å². The van der Waals surface area contributed by atoms with Crippen LogP contribution < -0.4 is 5.32 Å². The Labute approximate surface area is 83.2 Å². The van der Waals surface area contributed by atoms with Gasteiger partial charge in [0.1, 0.15) is 0 Å². The van der Waals surface area contributed by atoms with E-state index in [4.69, 9.17) is 0 Å². The van der Waals surface area contributed by atoms with E-state index in [0.29, 0.717) is 6.04 Å². The van der Waals surface area contributed by atoms with Crippen LogP contribution >= 0.6 is 11.8 Å². The Bertz CT molecular complexity index is 186. The summed E-state index contributed by atoms with van der Waals surface area (Å²) in [5, 5.41) is 3.03. The van der Waals surface area contributed by atoms with Crippen molar-refractivity contribution in [2.45, 2.75) is 25.3 Å². The summed E-state index contributed by atoms with van der Waals surface area (Å²) in [5.41, 5.74) is 0. The van der Waals surface area contributed by atoms with E-state index in [1.54, 1.807) is 0 Å². The molecule has 1 saturated carbocycles. The second-order valence-corrected chi connectivity index (χ2v) is 4.90. The first-order chi connectivity index (χ1) is 6.36. The second kappa shape index (κ2) is 4.22. The van der Waals surface area contributed by atoms with E-state index in [-0.39, 0.29) is 6.03 Å². The molecule has 2 fully saturated rings.